The topological polar surface area (TPSA) is 94.3 Å². The van der Waals surface area contributed by atoms with Gasteiger partial charge in [-0.05, 0) is 55.2 Å². The monoisotopic (exact) mass is 486 g/mol. The Labute approximate surface area is 205 Å². The van der Waals surface area contributed by atoms with Gasteiger partial charge in [0.25, 0.3) is 0 Å². The van der Waals surface area contributed by atoms with Crippen molar-refractivity contribution in [1.82, 2.24) is 4.90 Å². The van der Waals surface area contributed by atoms with Crippen molar-refractivity contribution < 1.29 is 24.1 Å². The van der Waals surface area contributed by atoms with Crippen molar-refractivity contribution in [1.29, 1.82) is 0 Å². The van der Waals surface area contributed by atoms with E-state index >= 15 is 0 Å². The predicted molar refractivity (Wildman–Crippen MR) is 133 cm³/mol. The first kappa shape index (κ1) is 29.5. The van der Waals surface area contributed by atoms with Crippen molar-refractivity contribution >= 4 is 18.3 Å². The Bertz CT molecular complexity index is 703. The molecule has 0 aliphatic carbocycles. The van der Waals surface area contributed by atoms with E-state index in [0.29, 0.717) is 50.2 Å². The van der Waals surface area contributed by atoms with E-state index in [1.165, 1.54) is 0 Å². The fourth-order valence-corrected chi connectivity index (χ4v) is 4.16. The van der Waals surface area contributed by atoms with Crippen molar-refractivity contribution in [3.8, 4) is 11.5 Å². The third kappa shape index (κ3) is 9.69. The molecule has 190 valence electrons. The summed E-state index contributed by atoms with van der Waals surface area (Å²) in [6, 6.07) is 5.66. The molecule has 1 saturated heterocycles. The molecule has 0 saturated carbocycles. The fraction of sp³-hybridized carbons (Fsp3) is 0.720. The number of rotatable bonds is 14. The molecule has 0 bridgehead atoms. The first-order valence-corrected chi connectivity index (χ1v) is 11.9. The molecule has 0 unspecified atom stereocenters. The number of methoxy groups -OCH3 is 2. The number of halogens is 1. The maximum atomic E-state index is 12.1. The van der Waals surface area contributed by atoms with Crippen molar-refractivity contribution in [3.05, 3.63) is 23.8 Å². The van der Waals surface area contributed by atoms with Crippen molar-refractivity contribution in [2.45, 2.75) is 64.5 Å². The minimum Gasteiger partial charge on any atom is -0.493 e. The second-order valence-corrected chi connectivity index (χ2v) is 9.15. The van der Waals surface area contributed by atoms with E-state index in [1.807, 2.05) is 12.1 Å². The highest BCUT2D eigenvalue weighted by Gasteiger charge is 2.27. The summed E-state index contributed by atoms with van der Waals surface area (Å²) in [5.41, 5.74) is 7.55. The summed E-state index contributed by atoms with van der Waals surface area (Å²) in [7, 11) is 3.32. The zero-order valence-electron chi connectivity index (χ0n) is 20.6. The third-order valence-corrected chi connectivity index (χ3v) is 6.32. The van der Waals surface area contributed by atoms with Gasteiger partial charge in [0.05, 0.1) is 19.8 Å². The lowest BCUT2D eigenvalue weighted by Gasteiger charge is -2.32. The maximum Gasteiger partial charge on any atom is 0.222 e. The van der Waals surface area contributed by atoms with Crippen molar-refractivity contribution in [2.75, 3.05) is 40.5 Å². The number of nitrogens with two attached hydrogens (primary N) is 1. The number of piperidine rings is 1. The van der Waals surface area contributed by atoms with Gasteiger partial charge in [0.15, 0.2) is 11.5 Å². The molecule has 2 rings (SSSR count). The van der Waals surface area contributed by atoms with E-state index in [0.717, 1.165) is 43.5 Å². The fourth-order valence-electron chi connectivity index (χ4n) is 4.16. The number of β-amino-alcohol motifs (C(OH)–C–C–N with tert-alkyl or cyclic N) is 1. The van der Waals surface area contributed by atoms with E-state index in [4.69, 9.17) is 19.9 Å². The number of carbonyl (C=O) groups excluding carboxylic acids is 1. The minimum atomic E-state index is -0.714. The van der Waals surface area contributed by atoms with Gasteiger partial charge < -0.3 is 30.0 Å². The molecule has 1 amide bonds. The average Bonchev–Trinajstić information content (AvgIpc) is 2.77. The molecule has 1 fully saturated rings. The molecule has 1 heterocycles. The summed E-state index contributed by atoms with van der Waals surface area (Å²) in [6.45, 7) is 6.63. The van der Waals surface area contributed by atoms with E-state index in [2.05, 4.69) is 19.9 Å². The van der Waals surface area contributed by atoms with Gasteiger partial charge in [-0.15, -0.1) is 12.4 Å². The quantitative estimate of drug-likeness (QED) is 0.391. The second-order valence-electron chi connectivity index (χ2n) is 9.15. The summed E-state index contributed by atoms with van der Waals surface area (Å²) < 4.78 is 16.4. The highest BCUT2D eigenvalue weighted by Crippen LogP contribution is 2.31. The van der Waals surface area contributed by atoms with Gasteiger partial charge in [-0.1, -0.05) is 19.9 Å². The molecule has 3 N–H and O–H groups in total. The number of amides is 1. The Morgan fingerprint density at radius 2 is 1.91 bits per heavy atom. The third-order valence-electron chi connectivity index (χ3n) is 6.32. The molecule has 0 radical (unpaired) electrons. The van der Waals surface area contributed by atoms with Crippen LogP contribution in [-0.2, 0) is 16.0 Å². The summed E-state index contributed by atoms with van der Waals surface area (Å²) in [6.07, 6.45) is 4.13. The number of aliphatic hydroxyl groups excluding tert-OH is 1. The molecule has 0 spiro atoms. The first-order chi connectivity index (χ1) is 15.3. The number of benzene rings is 1. The van der Waals surface area contributed by atoms with Gasteiger partial charge in [-0.2, -0.15) is 0 Å². The lowest BCUT2D eigenvalue weighted by molar-refractivity contribution is -0.135. The van der Waals surface area contributed by atoms with Crippen LogP contribution in [-0.4, -0.2) is 68.6 Å². The largest absolute Gasteiger partial charge is 0.493 e. The summed E-state index contributed by atoms with van der Waals surface area (Å²) >= 11 is 0. The van der Waals surface area contributed by atoms with Crippen LogP contribution in [0.5, 0.6) is 11.5 Å². The Balaban J connectivity index is 0.00000544. The van der Waals surface area contributed by atoms with Crippen LogP contribution in [0.2, 0.25) is 0 Å². The SMILES string of the molecule is COCCCOc1cc(C[C@@H](C[C@H](N)[C@@H](O)CN2CCCCC2=O)C(C)C)ccc1OC.Cl. The predicted octanol–water partition coefficient (Wildman–Crippen LogP) is 3.44. The van der Waals surface area contributed by atoms with Crippen LogP contribution in [0.4, 0.5) is 0 Å². The van der Waals surface area contributed by atoms with E-state index < -0.39 is 6.10 Å². The van der Waals surface area contributed by atoms with E-state index in [9.17, 15) is 9.90 Å². The maximum absolute atomic E-state index is 12.1. The van der Waals surface area contributed by atoms with Gasteiger partial charge in [-0.25, -0.2) is 0 Å². The van der Waals surface area contributed by atoms with Gasteiger partial charge in [-0.3, -0.25) is 4.79 Å². The van der Waals surface area contributed by atoms with Gasteiger partial charge >= 0.3 is 0 Å². The second kappa shape index (κ2) is 15.4. The molecule has 1 aliphatic heterocycles. The van der Waals surface area contributed by atoms with Crippen LogP contribution in [0.1, 0.15) is 51.5 Å². The normalized spacial score (nSPS) is 16.8. The molecule has 3 atom stereocenters. The molecule has 1 aromatic rings. The summed E-state index contributed by atoms with van der Waals surface area (Å²) in [4.78, 5) is 13.8. The standard InChI is InChI=1S/C25H42N2O5.ClH/c1-18(2)20(16-21(26)22(28)17-27-11-6-5-8-25(27)29)14-19-9-10-23(31-4)24(15-19)32-13-7-12-30-3;/h9-10,15,18,20-22,28H,5-8,11-14,16-17,26H2,1-4H3;1H/t20-,21-,22-;/m0./s1. The number of likely N-dealkylation sites (tertiary alicyclic amines) is 1. The first-order valence-electron chi connectivity index (χ1n) is 11.9. The average molecular weight is 487 g/mol. The number of carbonyl (C=O) groups is 1. The lowest BCUT2D eigenvalue weighted by atomic mass is 9.83. The van der Waals surface area contributed by atoms with Crippen molar-refractivity contribution in [2.24, 2.45) is 17.6 Å². The van der Waals surface area contributed by atoms with Crippen LogP contribution in [0, 0.1) is 11.8 Å². The van der Waals surface area contributed by atoms with Gasteiger partial charge in [0, 0.05) is 45.7 Å². The highest BCUT2D eigenvalue weighted by molar-refractivity contribution is 5.85. The molecular weight excluding hydrogens is 444 g/mol. The zero-order chi connectivity index (χ0) is 23.5. The molecule has 7 nitrogen and oxygen atoms in total. The highest BCUT2D eigenvalue weighted by atomic mass is 35.5. The van der Waals surface area contributed by atoms with Crippen LogP contribution >= 0.6 is 12.4 Å². The lowest BCUT2D eigenvalue weighted by Crippen LogP contribution is -2.48. The molecule has 1 aliphatic rings. The zero-order valence-corrected chi connectivity index (χ0v) is 21.4. The van der Waals surface area contributed by atoms with Crippen LogP contribution in [0.3, 0.4) is 0 Å². The van der Waals surface area contributed by atoms with Crippen LogP contribution < -0.4 is 15.2 Å². The van der Waals surface area contributed by atoms with Gasteiger partial charge in [0.2, 0.25) is 5.91 Å². The van der Waals surface area contributed by atoms with Crippen LogP contribution in [0.25, 0.3) is 0 Å². The molecule has 8 heteroatoms. The number of hydrogen-bond donors (Lipinski definition) is 2. The number of hydrogen-bond acceptors (Lipinski definition) is 6. The Morgan fingerprint density at radius 1 is 1.15 bits per heavy atom. The van der Waals surface area contributed by atoms with Crippen LogP contribution in [0.15, 0.2) is 18.2 Å². The molecule has 33 heavy (non-hydrogen) atoms. The summed E-state index contributed by atoms with van der Waals surface area (Å²) in [5.74, 6) is 2.27. The van der Waals surface area contributed by atoms with Crippen molar-refractivity contribution in [3.63, 3.8) is 0 Å². The molecular formula is C25H43ClN2O5. The summed E-state index contributed by atoms with van der Waals surface area (Å²) in [5, 5.41) is 10.7. The van der Waals surface area contributed by atoms with E-state index in [1.54, 1.807) is 19.1 Å². The smallest absolute Gasteiger partial charge is 0.222 e. The Morgan fingerprint density at radius 3 is 2.55 bits per heavy atom. The number of aliphatic hydroxyl groups is 1. The van der Waals surface area contributed by atoms with E-state index in [-0.39, 0.29) is 24.4 Å². The molecule has 1 aromatic carbocycles. The Hall–Kier alpha value is -1.54. The number of nitrogens with zero attached hydrogens (tertiary/aromatic N) is 1. The minimum absolute atomic E-state index is 0. The van der Waals surface area contributed by atoms with Gasteiger partial charge in [0.1, 0.15) is 0 Å². The number of ether oxygens (including phenoxy) is 3. The molecule has 0 aromatic heterocycles. The Kier molecular flexibility index (Phi) is 13.7.